The van der Waals surface area contributed by atoms with Crippen molar-refractivity contribution in [3.63, 3.8) is 0 Å². The highest BCUT2D eigenvalue weighted by atomic mass is 19.4. The maximum atomic E-state index is 13.5. The second kappa shape index (κ2) is 10.2. The molecule has 0 aliphatic carbocycles. The highest BCUT2D eigenvalue weighted by Crippen LogP contribution is 2.44. The number of carbonyl (C=O) groups is 2. The van der Waals surface area contributed by atoms with Crippen LogP contribution in [-0.2, 0) is 15.8 Å². The molecule has 1 atom stereocenters. The van der Waals surface area contributed by atoms with Crippen molar-refractivity contribution < 1.29 is 37.3 Å². The molecule has 0 spiro atoms. The fourth-order valence-corrected chi connectivity index (χ4v) is 4.55. The number of methoxy groups -OCH3 is 2. The van der Waals surface area contributed by atoms with Gasteiger partial charge in [-0.1, -0.05) is 32.0 Å². The number of hydrogen-bond donors (Lipinski definition) is 1. The van der Waals surface area contributed by atoms with Gasteiger partial charge in [0, 0.05) is 11.3 Å². The number of halogens is 3. The van der Waals surface area contributed by atoms with Crippen molar-refractivity contribution in [1.82, 2.24) is 0 Å². The molecule has 3 aromatic carbocycles. The quantitative estimate of drug-likeness (QED) is 0.227. The van der Waals surface area contributed by atoms with Gasteiger partial charge < -0.3 is 14.6 Å². The van der Waals surface area contributed by atoms with Crippen LogP contribution in [0.4, 0.5) is 18.9 Å². The van der Waals surface area contributed by atoms with E-state index in [0.717, 1.165) is 22.6 Å². The van der Waals surface area contributed by atoms with E-state index in [1.165, 1.54) is 26.4 Å². The standard InChI is InChI=1S/C29H26F3NO5/c1-16(2)22-14-18(11-12-23(22)38-4)26(34)24-25(17-7-5-10-21(13-17)37-3)33(28(36)27(24)35)20-9-6-8-19(15-20)29(30,31)32/h5-16,25,34H,1-4H3/b26-24-. The maximum absolute atomic E-state index is 13.5. The molecule has 1 saturated heterocycles. The second-order valence-corrected chi connectivity index (χ2v) is 9.11. The van der Waals surface area contributed by atoms with Gasteiger partial charge in [-0.2, -0.15) is 13.2 Å². The summed E-state index contributed by atoms with van der Waals surface area (Å²) in [5, 5.41) is 11.4. The van der Waals surface area contributed by atoms with Crippen molar-refractivity contribution >= 4 is 23.1 Å². The molecule has 0 bridgehead atoms. The number of aliphatic hydroxyl groups excluding tert-OH is 1. The Morgan fingerprint density at radius 2 is 1.66 bits per heavy atom. The predicted molar refractivity (Wildman–Crippen MR) is 136 cm³/mol. The van der Waals surface area contributed by atoms with Gasteiger partial charge in [-0.25, -0.2) is 0 Å². The molecular formula is C29H26F3NO5. The van der Waals surface area contributed by atoms with Crippen molar-refractivity contribution in [1.29, 1.82) is 0 Å². The highest BCUT2D eigenvalue weighted by molar-refractivity contribution is 6.51. The molecule has 198 valence electrons. The minimum atomic E-state index is -4.66. The van der Waals surface area contributed by atoms with E-state index in [2.05, 4.69) is 0 Å². The van der Waals surface area contributed by atoms with Gasteiger partial charge in [0.1, 0.15) is 17.3 Å². The van der Waals surface area contributed by atoms with Crippen LogP contribution in [0.2, 0.25) is 0 Å². The molecule has 9 heteroatoms. The van der Waals surface area contributed by atoms with E-state index in [1.807, 2.05) is 13.8 Å². The smallest absolute Gasteiger partial charge is 0.416 e. The topological polar surface area (TPSA) is 76.1 Å². The summed E-state index contributed by atoms with van der Waals surface area (Å²) < 4.78 is 51.2. The van der Waals surface area contributed by atoms with Gasteiger partial charge in [-0.3, -0.25) is 14.5 Å². The molecule has 0 aromatic heterocycles. The number of nitrogens with zero attached hydrogens (tertiary/aromatic N) is 1. The Balaban J connectivity index is 1.97. The van der Waals surface area contributed by atoms with Crippen molar-refractivity contribution in [3.05, 3.63) is 94.6 Å². The van der Waals surface area contributed by atoms with E-state index >= 15 is 0 Å². The van der Waals surface area contributed by atoms with Gasteiger partial charge in [-0.15, -0.1) is 0 Å². The van der Waals surface area contributed by atoms with E-state index in [0.29, 0.717) is 17.1 Å². The molecule has 1 fully saturated rings. The monoisotopic (exact) mass is 525 g/mol. The number of ketones is 1. The summed E-state index contributed by atoms with van der Waals surface area (Å²) in [4.78, 5) is 27.7. The fraction of sp³-hybridized carbons (Fsp3) is 0.241. The normalized spacial score (nSPS) is 17.3. The maximum Gasteiger partial charge on any atom is 0.416 e. The lowest BCUT2D eigenvalue weighted by Crippen LogP contribution is -2.29. The molecule has 1 aliphatic heterocycles. The zero-order chi connectivity index (χ0) is 27.8. The molecule has 1 amide bonds. The first-order valence-electron chi connectivity index (χ1n) is 11.8. The van der Waals surface area contributed by atoms with Crippen LogP contribution in [0.25, 0.3) is 5.76 Å². The molecule has 1 aliphatic rings. The Morgan fingerprint density at radius 1 is 0.947 bits per heavy atom. The first kappa shape index (κ1) is 26.8. The van der Waals surface area contributed by atoms with E-state index in [9.17, 15) is 27.9 Å². The molecule has 3 aromatic rings. The Morgan fingerprint density at radius 3 is 2.29 bits per heavy atom. The molecule has 1 heterocycles. The van der Waals surface area contributed by atoms with Gasteiger partial charge in [0.25, 0.3) is 11.7 Å². The van der Waals surface area contributed by atoms with Crippen LogP contribution in [0.1, 0.15) is 48.1 Å². The lowest BCUT2D eigenvalue weighted by molar-refractivity contribution is -0.137. The summed E-state index contributed by atoms with van der Waals surface area (Å²) in [7, 11) is 2.96. The molecule has 1 unspecified atom stereocenters. The Hall–Kier alpha value is -4.27. The molecular weight excluding hydrogens is 499 g/mol. The summed E-state index contributed by atoms with van der Waals surface area (Å²) in [5.41, 5.74) is 0.0519. The number of hydrogen-bond acceptors (Lipinski definition) is 5. The number of anilines is 1. The van der Waals surface area contributed by atoms with Gasteiger partial charge in [0.05, 0.1) is 31.4 Å². The number of alkyl halides is 3. The van der Waals surface area contributed by atoms with Crippen LogP contribution in [0.5, 0.6) is 11.5 Å². The van der Waals surface area contributed by atoms with E-state index in [4.69, 9.17) is 9.47 Å². The third-order valence-corrected chi connectivity index (χ3v) is 6.43. The van der Waals surface area contributed by atoms with E-state index in [-0.39, 0.29) is 22.7 Å². The van der Waals surface area contributed by atoms with Gasteiger partial charge >= 0.3 is 6.18 Å². The van der Waals surface area contributed by atoms with Crippen LogP contribution in [0.15, 0.2) is 72.3 Å². The summed E-state index contributed by atoms with van der Waals surface area (Å²) in [6.45, 7) is 3.87. The third kappa shape index (κ3) is 4.83. The van der Waals surface area contributed by atoms with Gasteiger partial charge in [0.2, 0.25) is 0 Å². The van der Waals surface area contributed by atoms with Crippen molar-refractivity contribution in [2.75, 3.05) is 19.1 Å². The molecule has 0 saturated carbocycles. The Labute approximate surface area is 217 Å². The lowest BCUT2D eigenvalue weighted by Gasteiger charge is -2.26. The number of aliphatic hydroxyl groups is 1. The summed E-state index contributed by atoms with van der Waals surface area (Å²) in [6, 6.07) is 14.3. The average molecular weight is 526 g/mol. The molecule has 38 heavy (non-hydrogen) atoms. The number of carbonyl (C=O) groups excluding carboxylic acids is 2. The fourth-order valence-electron chi connectivity index (χ4n) is 4.55. The van der Waals surface area contributed by atoms with Crippen LogP contribution in [0, 0.1) is 0 Å². The first-order valence-corrected chi connectivity index (χ1v) is 11.8. The molecule has 0 radical (unpaired) electrons. The predicted octanol–water partition coefficient (Wildman–Crippen LogP) is 6.47. The largest absolute Gasteiger partial charge is 0.507 e. The number of benzene rings is 3. The zero-order valence-corrected chi connectivity index (χ0v) is 21.2. The van der Waals surface area contributed by atoms with E-state index in [1.54, 1.807) is 42.5 Å². The Bertz CT molecular complexity index is 1430. The van der Waals surface area contributed by atoms with Gasteiger partial charge in [0.15, 0.2) is 0 Å². The number of rotatable bonds is 6. The van der Waals surface area contributed by atoms with Crippen molar-refractivity contribution in [2.24, 2.45) is 0 Å². The third-order valence-electron chi connectivity index (χ3n) is 6.43. The van der Waals surface area contributed by atoms with Crippen molar-refractivity contribution in [2.45, 2.75) is 32.0 Å². The van der Waals surface area contributed by atoms with Gasteiger partial charge in [-0.05, 0) is 65.6 Å². The zero-order valence-electron chi connectivity index (χ0n) is 21.2. The lowest BCUT2D eigenvalue weighted by atomic mass is 9.93. The second-order valence-electron chi connectivity index (χ2n) is 9.11. The summed E-state index contributed by atoms with van der Waals surface area (Å²) in [5.74, 6) is -1.52. The van der Waals surface area contributed by atoms with Crippen LogP contribution < -0.4 is 14.4 Å². The van der Waals surface area contributed by atoms with Crippen molar-refractivity contribution in [3.8, 4) is 11.5 Å². The molecule has 1 N–H and O–H groups in total. The molecule has 4 rings (SSSR count). The SMILES string of the molecule is COc1cccc(C2/C(=C(/O)c3ccc(OC)c(C(C)C)c3)C(=O)C(=O)N2c2cccc(C(F)(F)F)c2)c1. The average Bonchev–Trinajstić information content (AvgIpc) is 3.17. The number of Topliss-reactive ketones (excluding diaryl/α,β-unsaturated/α-hetero) is 1. The summed E-state index contributed by atoms with van der Waals surface area (Å²) >= 11 is 0. The minimum Gasteiger partial charge on any atom is -0.507 e. The van der Waals surface area contributed by atoms with Crippen LogP contribution in [0.3, 0.4) is 0 Å². The number of ether oxygens (including phenoxy) is 2. The van der Waals surface area contributed by atoms with Crippen LogP contribution >= 0.6 is 0 Å². The minimum absolute atomic E-state index is 0.0133. The first-order chi connectivity index (χ1) is 18.0. The summed E-state index contributed by atoms with van der Waals surface area (Å²) in [6.07, 6.45) is -4.66. The Kier molecular flexibility index (Phi) is 7.22. The number of amides is 1. The highest BCUT2D eigenvalue weighted by Gasteiger charge is 2.47. The van der Waals surface area contributed by atoms with Crippen LogP contribution in [-0.4, -0.2) is 31.0 Å². The molecule has 6 nitrogen and oxygen atoms in total. The van der Waals surface area contributed by atoms with E-state index < -0.39 is 35.2 Å².